The molecule has 99 heavy (non-hydrogen) atoms. The van der Waals surface area contributed by atoms with Crippen LogP contribution < -0.4 is 0 Å². The number of phosphoric ester groups is 2. The highest BCUT2D eigenvalue weighted by molar-refractivity contribution is 7.47. The van der Waals surface area contributed by atoms with E-state index in [-0.39, 0.29) is 25.7 Å². The van der Waals surface area contributed by atoms with E-state index in [0.717, 1.165) is 108 Å². The molecule has 0 aliphatic heterocycles. The predicted molar refractivity (Wildman–Crippen MR) is 404 cm³/mol. The molecule has 0 aromatic carbocycles. The monoisotopic (exact) mass is 1450 g/mol. The Morgan fingerprint density at radius 1 is 0.283 bits per heavy atom. The van der Waals surface area contributed by atoms with Gasteiger partial charge >= 0.3 is 39.5 Å². The van der Waals surface area contributed by atoms with Gasteiger partial charge in [-0.2, -0.15) is 0 Å². The normalized spacial score (nSPS) is 14.3. The molecular formula is C80H156O17P2. The van der Waals surface area contributed by atoms with Crippen molar-refractivity contribution in [2.24, 2.45) is 23.7 Å². The van der Waals surface area contributed by atoms with Crippen LogP contribution in [0.4, 0.5) is 0 Å². The number of phosphoric acid groups is 2. The molecule has 0 aromatic rings. The van der Waals surface area contributed by atoms with Crippen LogP contribution in [0, 0.1) is 23.7 Å². The number of carbonyl (C=O) groups is 4. The Morgan fingerprint density at radius 2 is 0.485 bits per heavy atom. The largest absolute Gasteiger partial charge is 0.472 e. The van der Waals surface area contributed by atoms with Crippen LogP contribution in [0.2, 0.25) is 0 Å². The van der Waals surface area contributed by atoms with Gasteiger partial charge in [0.1, 0.15) is 19.3 Å². The molecule has 0 spiro atoms. The summed E-state index contributed by atoms with van der Waals surface area (Å²) in [6, 6.07) is 0. The third kappa shape index (κ3) is 72.8. The first kappa shape index (κ1) is 97.1. The molecule has 0 aliphatic carbocycles. The summed E-state index contributed by atoms with van der Waals surface area (Å²) < 4.78 is 68.6. The lowest BCUT2D eigenvalue weighted by Gasteiger charge is -2.21. The molecule has 3 N–H and O–H groups in total. The van der Waals surface area contributed by atoms with Crippen LogP contribution in [0.3, 0.4) is 0 Å². The van der Waals surface area contributed by atoms with Crippen molar-refractivity contribution in [1.82, 2.24) is 0 Å². The molecule has 0 heterocycles. The molecule has 6 atom stereocenters. The highest BCUT2D eigenvalue weighted by Gasteiger charge is 2.30. The van der Waals surface area contributed by atoms with E-state index in [1.54, 1.807) is 0 Å². The summed E-state index contributed by atoms with van der Waals surface area (Å²) in [6.45, 7) is 14.2. The number of ether oxygens (including phenoxy) is 4. The number of esters is 4. The first-order valence-corrected chi connectivity index (χ1v) is 44.2. The number of carbonyl (C=O) groups excluding carboxylic acids is 4. The van der Waals surface area contributed by atoms with E-state index in [1.807, 2.05) is 0 Å². The SMILES string of the molecule is CCC(C)CCCCCCCCCCCCCCCCCCCCC(=O)O[C@H](COC(=O)CCCCCCCCCCCCCCCC(C)C)COP(=O)(O)OCC(O)COP(=O)(O)OC[C@@H](COC(=O)CCCCCCCCCCC(C)C)OC(=O)CCCCCCCCCC(C)C. The highest BCUT2D eigenvalue weighted by atomic mass is 31.2. The second-order valence-corrected chi connectivity index (χ2v) is 33.4. The summed E-state index contributed by atoms with van der Waals surface area (Å²) in [5, 5.41) is 10.6. The molecule has 4 unspecified atom stereocenters. The maximum Gasteiger partial charge on any atom is 0.472 e. The van der Waals surface area contributed by atoms with Crippen molar-refractivity contribution in [2.45, 2.75) is 427 Å². The minimum absolute atomic E-state index is 0.103. The minimum atomic E-state index is -4.96. The maximum atomic E-state index is 13.1. The zero-order valence-corrected chi connectivity index (χ0v) is 66.9. The van der Waals surface area contributed by atoms with Gasteiger partial charge in [0.2, 0.25) is 0 Å². The molecule has 588 valence electrons. The van der Waals surface area contributed by atoms with Crippen molar-refractivity contribution < 1.29 is 80.2 Å². The van der Waals surface area contributed by atoms with E-state index in [9.17, 15) is 43.2 Å². The van der Waals surface area contributed by atoms with E-state index in [0.29, 0.717) is 31.6 Å². The molecular weight excluding hydrogens is 1290 g/mol. The van der Waals surface area contributed by atoms with Crippen molar-refractivity contribution in [3.05, 3.63) is 0 Å². The lowest BCUT2D eigenvalue weighted by molar-refractivity contribution is -0.161. The van der Waals surface area contributed by atoms with Gasteiger partial charge in [0.05, 0.1) is 26.4 Å². The summed E-state index contributed by atoms with van der Waals surface area (Å²) in [5.41, 5.74) is 0. The third-order valence-corrected chi connectivity index (χ3v) is 20.8. The molecule has 0 saturated heterocycles. The molecule has 0 amide bonds. The Bertz CT molecular complexity index is 1940. The summed E-state index contributed by atoms with van der Waals surface area (Å²) in [5.74, 6) is 0.965. The second kappa shape index (κ2) is 69.1. The molecule has 0 saturated carbocycles. The fourth-order valence-corrected chi connectivity index (χ4v) is 13.8. The van der Waals surface area contributed by atoms with Crippen LogP contribution in [-0.4, -0.2) is 96.7 Å². The zero-order valence-electron chi connectivity index (χ0n) is 65.1. The number of aliphatic hydroxyl groups is 1. The van der Waals surface area contributed by atoms with Gasteiger partial charge in [0.25, 0.3) is 0 Å². The first-order valence-electron chi connectivity index (χ1n) is 41.2. The minimum Gasteiger partial charge on any atom is -0.462 e. The van der Waals surface area contributed by atoms with Crippen molar-refractivity contribution >= 4 is 39.5 Å². The molecule has 17 nitrogen and oxygen atoms in total. The lowest BCUT2D eigenvalue weighted by atomic mass is 9.99. The number of unbranched alkanes of at least 4 members (excludes halogenated alkanes) is 42. The Labute approximate surface area is 607 Å². The van der Waals surface area contributed by atoms with Gasteiger partial charge in [0.15, 0.2) is 12.2 Å². The summed E-state index contributed by atoms with van der Waals surface area (Å²) in [4.78, 5) is 72.9. The van der Waals surface area contributed by atoms with E-state index >= 15 is 0 Å². The molecule has 0 radical (unpaired) electrons. The van der Waals surface area contributed by atoms with Crippen LogP contribution in [0.25, 0.3) is 0 Å². The lowest BCUT2D eigenvalue weighted by Crippen LogP contribution is -2.30. The average Bonchev–Trinajstić information content (AvgIpc) is 1.02. The van der Waals surface area contributed by atoms with Gasteiger partial charge in [0, 0.05) is 25.7 Å². The van der Waals surface area contributed by atoms with E-state index in [4.69, 9.17) is 37.0 Å². The van der Waals surface area contributed by atoms with Gasteiger partial charge in [-0.15, -0.1) is 0 Å². The third-order valence-electron chi connectivity index (χ3n) is 18.9. The molecule has 0 aliphatic rings. The van der Waals surface area contributed by atoms with Gasteiger partial charge in [-0.25, -0.2) is 9.13 Å². The molecule has 0 bridgehead atoms. The Kier molecular flexibility index (Phi) is 67.8. The average molecular weight is 1450 g/mol. The number of aliphatic hydroxyl groups excluding tert-OH is 1. The van der Waals surface area contributed by atoms with Crippen LogP contribution in [0.15, 0.2) is 0 Å². The Hall–Kier alpha value is -1.94. The Balaban J connectivity index is 5.20. The van der Waals surface area contributed by atoms with E-state index < -0.39 is 97.5 Å². The molecule has 0 rings (SSSR count). The maximum absolute atomic E-state index is 13.1. The molecule has 0 aromatic heterocycles. The van der Waals surface area contributed by atoms with Gasteiger partial charge < -0.3 is 33.8 Å². The van der Waals surface area contributed by atoms with Gasteiger partial charge in [-0.1, -0.05) is 357 Å². The van der Waals surface area contributed by atoms with E-state index in [2.05, 4.69) is 55.4 Å². The number of hydrogen-bond acceptors (Lipinski definition) is 15. The smallest absolute Gasteiger partial charge is 0.462 e. The quantitative estimate of drug-likeness (QED) is 0.0222. The van der Waals surface area contributed by atoms with Crippen molar-refractivity contribution in [3.63, 3.8) is 0 Å². The molecule has 19 heteroatoms. The first-order chi connectivity index (χ1) is 47.6. The fraction of sp³-hybridized carbons (Fsp3) is 0.950. The summed E-state index contributed by atoms with van der Waals surface area (Å²) in [6.07, 6.45) is 55.7. The Morgan fingerprint density at radius 3 is 0.717 bits per heavy atom. The number of rotatable bonds is 77. The van der Waals surface area contributed by atoms with Crippen molar-refractivity contribution in [3.8, 4) is 0 Å². The van der Waals surface area contributed by atoms with E-state index in [1.165, 1.54) is 212 Å². The topological polar surface area (TPSA) is 237 Å². The highest BCUT2D eigenvalue weighted by Crippen LogP contribution is 2.45. The fourth-order valence-electron chi connectivity index (χ4n) is 12.2. The van der Waals surface area contributed by atoms with Crippen LogP contribution in [0.1, 0.15) is 409 Å². The van der Waals surface area contributed by atoms with Crippen molar-refractivity contribution in [2.75, 3.05) is 39.6 Å². The van der Waals surface area contributed by atoms with Crippen molar-refractivity contribution in [1.29, 1.82) is 0 Å². The predicted octanol–water partition coefficient (Wildman–Crippen LogP) is 23.6. The van der Waals surface area contributed by atoms with Gasteiger partial charge in [-0.05, 0) is 49.4 Å². The number of hydrogen-bond donors (Lipinski definition) is 3. The van der Waals surface area contributed by atoms with Crippen LogP contribution >= 0.6 is 15.6 Å². The van der Waals surface area contributed by atoms with Crippen LogP contribution in [-0.2, 0) is 65.4 Å². The summed E-state index contributed by atoms with van der Waals surface area (Å²) in [7, 11) is -9.92. The summed E-state index contributed by atoms with van der Waals surface area (Å²) >= 11 is 0. The second-order valence-electron chi connectivity index (χ2n) is 30.5. The standard InChI is InChI=1S/C80H156O17P2/c1-9-73(8)59-51-43-35-26-22-18-14-12-10-11-13-15-19-24-28-38-46-54-62-79(84)96-75(66-90-77(82)60-52-44-36-27-23-20-16-17-21-25-32-40-48-56-70(2)3)68-94-98(86,87)92-64-74(81)65-93-99(88,89)95-69-76(97-80(85)63-55-47-39-31-34-42-50-58-72(6)7)67-91-78(83)61-53-45-37-30-29-33-41-49-57-71(4)5/h70-76,81H,9-69H2,1-8H3,(H,86,87)(H,88,89)/t73?,74?,75-,76-/m1/s1. The van der Waals surface area contributed by atoms with Crippen LogP contribution in [0.5, 0.6) is 0 Å². The van der Waals surface area contributed by atoms with Gasteiger partial charge in [-0.3, -0.25) is 37.3 Å². The molecule has 0 fully saturated rings. The zero-order chi connectivity index (χ0) is 73.1.